The van der Waals surface area contributed by atoms with Gasteiger partial charge in [-0.15, -0.1) is 0 Å². The van der Waals surface area contributed by atoms with Crippen LogP contribution in [0.2, 0.25) is 0 Å². The molecule has 0 unspecified atom stereocenters. The van der Waals surface area contributed by atoms with E-state index in [1.165, 1.54) is 7.11 Å². The maximum atomic E-state index is 11.5. The molecule has 1 N–H and O–H groups in total. The number of hydrogen-bond acceptors (Lipinski definition) is 4. The third-order valence-electron chi connectivity index (χ3n) is 2.60. The van der Waals surface area contributed by atoms with Crippen LogP contribution in [0, 0.1) is 6.92 Å². The van der Waals surface area contributed by atoms with Gasteiger partial charge in [0.05, 0.1) is 12.7 Å². The lowest BCUT2D eigenvalue weighted by Gasteiger charge is -2.24. The van der Waals surface area contributed by atoms with E-state index in [2.05, 4.69) is 4.43 Å². The SMILES string of the molecule is COC(=O)c1ccc(O)c(C(C)(C)C)c1C.CO[SiH3]. The Kier molecular flexibility index (Phi) is 6.79. The number of hydrogen-bond donors (Lipinski definition) is 1. The largest absolute Gasteiger partial charge is 0.508 e. The number of phenolic OH excluding ortho intramolecular Hbond substituents is 1. The highest BCUT2D eigenvalue weighted by atomic mass is 28.2. The summed E-state index contributed by atoms with van der Waals surface area (Å²) >= 11 is 0. The molecule has 0 aliphatic carbocycles. The van der Waals surface area contributed by atoms with Crippen LogP contribution >= 0.6 is 0 Å². The summed E-state index contributed by atoms with van der Waals surface area (Å²) in [6.45, 7) is 7.81. The first-order chi connectivity index (χ1) is 8.70. The molecule has 108 valence electrons. The Bertz CT molecular complexity index is 436. The van der Waals surface area contributed by atoms with Crippen molar-refractivity contribution in [1.82, 2.24) is 0 Å². The summed E-state index contributed by atoms with van der Waals surface area (Å²) in [5.74, 6) is -0.152. The summed E-state index contributed by atoms with van der Waals surface area (Å²) in [6.07, 6.45) is 0. The summed E-state index contributed by atoms with van der Waals surface area (Å²) in [6, 6.07) is 3.13. The lowest BCUT2D eigenvalue weighted by atomic mass is 9.82. The number of carbonyl (C=O) groups is 1. The molecule has 0 aliphatic heterocycles. The molecule has 0 saturated carbocycles. The summed E-state index contributed by atoms with van der Waals surface area (Å²) in [4.78, 5) is 11.5. The van der Waals surface area contributed by atoms with E-state index in [-0.39, 0.29) is 17.1 Å². The zero-order chi connectivity index (χ0) is 15.2. The number of carbonyl (C=O) groups excluding carboxylic acids is 1. The molecule has 0 radical (unpaired) electrons. The average molecular weight is 284 g/mol. The van der Waals surface area contributed by atoms with Gasteiger partial charge in [-0.3, -0.25) is 0 Å². The van der Waals surface area contributed by atoms with E-state index in [1.807, 2.05) is 27.7 Å². The molecular formula is C14H24O4Si. The number of ether oxygens (including phenoxy) is 1. The van der Waals surface area contributed by atoms with Crippen LogP contribution in [0.15, 0.2) is 12.1 Å². The van der Waals surface area contributed by atoms with Gasteiger partial charge in [0, 0.05) is 12.7 Å². The van der Waals surface area contributed by atoms with Gasteiger partial charge in [0.15, 0.2) is 0 Å². The molecule has 0 amide bonds. The first-order valence-corrected chi connectivity index (χ1v) is 6.83. The van der Waals surface area contributed by atoms with Crippen molar-refractivity contribution in [2.45, 2.75) is 33.1 Å². The van der Waals surface area contributed by atoms with Gasteiger partial charge in [-0.1, -0.05) is 20.8 Å². The quantitative estimate of drug-likeness (QED) is 0.630. The predicted molar refractivity (Wildman–Crippen MR) is 79.8 cm³/mol. The maximum Gasteiger partial charge on any atom is 0.338 e. The molecule has 0 heterocycles. The van der Waals surface area contributed by atoms with E-state index in [4.69, 9.17) is 4.74 Å². The van der Waals surface area contributed by atoms with Gasteiger partial charge in [-0.05, 0) is 30.0 Å². The standard InChI is InChI=1S/C13H18O3.CH6OSi/c1-8-9(12(15)16-5)6-7-10(14)11(8)13(2,3)4;1-2-3/h6-7,14H,1-5H3;1,3H3. The first-order valence-electron chi connectivity index (χ1n) is 6.02. The number of esters is 1. The molecule has 0 bridgehead atoms. The van der Waals surface area contributed by atoms with Crippen molar-refractivity contribution in [3.8, 4) is 5.75 Å². The zero-order valence-corrected chi connectivity index (χ0v) is 14.8. The summed E-state index contributed by atoms with van der Waals surface area (Å²) in [7, 11) is 3.91. The van der Waals surface area contributed by atoms with Gasteiger partial charge in [0.25, 0.3) is 0 Å². The molecule has 0 aliphatic rings. The third kappa shape index (κ3) is 4.68. The highest BCUT2D eigenvalue weighted by Crippen LogP contribution is 2.35. The molecule has 0 fully saturated rings. The van der Waals surface area contributed by atoms with Crippen LogP contribution in [0.4, 0.5) is 0 Å². The van der Waals surface area contributed by atoms with Crippen molar-refractivity contribution >= 4 is 16.5 Å². The molecule has 4 nitrogen and oxygen atoms in total. The third-order valence-corrected chi connectivity index (χ3v) is 2.60. The fourth-order valence-electron chi connectivity index (χ4n) is 1.98. The van der Waals surface area contributed by atoms with Crippen LogP contribution < -0.4 is 0 Å². The van der Waals surface area contributed by atoms with E-state index in [1.54, 1.807) is 19.2 Å². The number of phenols is 1. The first kappa shape index (κ1) is 17.7. The summed E-state index contributed by atoms with van der Waals surface area (Å²) in [5.41, 5.74) is 1.86. The number of benzene rings is 1. The normalized spacial score (nSPS) is 10.6. The van der Waals surface area contributed by atoms with Crippen molar-refractivity contribution in [2.75, 3.05) is 14.2 Å². The topological polar surface area (TPSA) is 55.8 Å². The van der Waals surface area contributed by atoms with E-state index in [0.717, 1.165) is 21.6 Å². The Morgan fingerprint density at radius 2 is 1.74 bits per heavy atom. The van der Waals surface area contributed by atoms with Crippen LogP contribution in [0.1, 0.15) is 42.3 Å². The number of rotatable bonds is 1. The van der Waals surface area contributed by atoms with Crippen molar-refractivity contribution < 1.29 is 19.1 Å². The molecule has 0 aromatic heterocycles. The van der Waals surface area contributed by atoms with Crippen LogP contribution in [0.5, 0.6) is 5.75 Å². The van der Waals surface area contributed by atoms with Crippen LogP contribution in [-0.2, 0) is 14.6 Å². The Morgan fingerprint density at radius 1 is 1.26 bits per heavy atom. The van der Waals surface area contributed by atoms with Gasteiger partial charge < -0.3 is 14.3 Å². The Morgan fingerprint density at radius 3 is 2.11 bits per heavy atom. The van der Waals surface area contributed by atoms with E-state index in [0.29, 0.717) is 5.56 Å². The predicted octanol–water partition coefficient (Wildman–Crippen LogP) is 1.70. The van der Waals surface area contributed by atoms with Crippen molar-refractivity contribution in [1.29, 1.82) is 0 Å². The second-order valence-electron chi connectivity index (χ2n) is 5.28. The second-order valence-corrected chi connectivity index (χ2v) is 6.10. The second kappa shape index (κ2) is 7.30. The summed E-state index contributed by atoms with van der Waals surface area (Å²) < 4.78 is 9.09. The molecule has 5 heteroatoms. The van der Waals surface area contributed by atoms with Gasteiger partial charge in [0.2, 0.25) is 0 Å². The lowest BCUT2D eigenvalue weighted by Crippen LogP contribution is -2.16. The molecule has 19 heavy (non-hydrogen) atoms. The molecular weight excluding hydrogens is 260 g/mol. The molecule has 1 aromatic rings. The Balaban J connectivity index is 0.000000982. The van der Waals surface area contributed by atoms with Crippen LogP contribution in [0.25, 0.3) is 0 Å². The van der Waals surface area contributed by atoms with E-state index >= 15 is 0 Å². The minimum absolute atomic E-state index is 0.210. The van der Waals surface area contributed by atoms with E-state index in [9.17, 15) is 9.90 Å². The lowest BCUT2D eigenvalue weighted by molar-refractivity contribution is 0.0599. The van der Waals surface area contributed by atoms with E-state index < -0.39 is 0 Å². The fourth-order valence-corrected chi connectivity index (χ4v) is 1.98. The van der Waals surface area contributed by atoms with Crippen molar-refractivity contribution in [3.63, 3.8) is 0 Å². The maximum absolute atomic E-state index is 11.5. The van der Waals surface area contributed by atoms with Gasteiger partial charge in [-0.2, -0.15) is 0 Å². The van der Waals surface area contributed by atoms with Crippen molar-refractivity contribution in [2.24, 2.45) is 0 Å². The van der Waals surface area contributed by atoms with Crippen molar-refractivity contribution in [3.05, 3.63) is 28.8 Å². The number of methoxy groups -OCH3 is 1. The highest BCUT2D eigenvalue weighted by molar-refractivity contribution is 5.97. The smallest absolute Gasteiger partial charge is 0.338 e. The Hall–Kier alpha value is -1.33. The molecule has 0 atom stereocenters. The Labute approximate surface area is 118 Å². The zero-order valence-electron chi connectivity index (χ0n) is 12.8. The summed E-state index contributed by atoms with van der Waals surface area (Å²) in [5, 5.41) is 9.85. The molecule has 1 rings (SSSR count). The van der Waals surface area contributed by atoms with Gasteiger partial charge >= 0.3 is 5.97 Å². The highest BCUT2D eigenvalue weighted by Gasteiger charge is 2.24. The average Bonchev–Trinajstić information content (AvgIpc) is 2.27. The van der Waals surface area contributed by atoms with Gasteiger partial charge in [0.1, 0.15) is 16.2 Å². The van der Waals surface area contributed by atoms with Gasteiger partial charge in [-0.25, -0.2) is 4.79 Å². The number of aromatic hydroxyl groups is 1. The fraction of sp³-hybridized carbons (Fsp3) is 0.500. The minimum atomic E-state index is -0.372. The van der Waals surface area contributed by atoms with Crippen LogP contribution in [-0.4, -0.2) is 35.8 Å². The minimum Gasteiger partial charge on any atom is -0.508 e. The molecule has 0 saturated heterocycles. The monoisotopic (exact) mass is 284 g/mol. The molecule has 1 aromatic carbocycles. The van der Waals surface area contributed by atoms with Crippen LogP contribution in [0.3, 0.4) is 0 Å². The molecule has 0 spiro atoms.